The summed E-state index contributed by atoms with van der Waals surface area (Å²) in [5.41, 5.74) is -0.0149. The summed E-state index contributed by atoms with van der Waals surface area (Å²) in [5.74, 6) is 0. The minimum Gasteiger partial charge on any atom is -0.444 e. The average Bonchev–Trinajstić information content (AvgIpc) is 2.81. The van der Waals surface area contributed by atoms with Crippen LogP contribution in [0, 0.1) is 0 Å². The van der Waals surface area contributed by atoms with Crippen LogP contribution in [0.25, 0.3) is 0 Å². The van der Waals surface area contributed by atoms with E-state index in [1.165, 1.54) is 0 Å². The molecule has 3 rings (SSSR count). The Morgan fingerprint density at radius 1 is 1.21 bits per heavy atom. The summed E-state index contributed by atoms with van der Waals surface area (Å²) in [6, 6.07) is 5.37. The number of carbonyl (C=O) groups excluding carboxylic acids is 1. The fraction of sp³-hybridized carbons (Fsp3) is 0.700. The summed E-state index contributed by atoms with van der Waals surface area (Å²) < 4.78 is 23.4. The Bertz CT molecular complexity index is 716. The van der Waals surface area contributed by atoms with Gasteiger partial charge in [-0.2, -0.15) is 0 Å². The van der Waals surface area contributed by atoms with Gasteiger partial charge < -0.3 is 18.8 Å². The maximum atomic E-state index is 12.7. The zero-order valence-electron chi connectivity index (χ0n) is 17.9. The number of amides is 1. The molecule has 154 valence electrons. The van der Waals surface area contributed by atoms with Crippen LogP contribution in [0.3, 0.4) is 0 Å². The zero-order chi connectivity index (χ0) is 20.7. The molecular weight excluding hydrogens is 359 g/mol. The van der Waals surface area contributed by atoms with Gasteiger partial charge >= 0.3 is 13.2 Å². The highest BCUT2D eigenvalue weighted by molar-refractivity contribution is 6.61. The number of nitrogens with zero attached hydrogens (tertiary/aromatic N) is 2. The molecule has 0 N–H and O–H groups in total. The lowest BCUT2D eigenvalue weighted by Gasteiger charge is -2.36. The minimum atomic E-state index is -0.558. The van der Waals surface area contributed by atoms with Crippen LogP contribution in [-0.2, 0) is 18.8 Å². The van der Waals surface area contributed by atoms with Gasteiger partial charge in [0.25, 0.3) is 0 Å². The van der Waals surface area contributed by atoms with Gasteiger partial charge in [-0.1, -0.05) is 6.07 Å². The van der Waals surface area contributed by atoms with Gasteiger partial charge in [0.05, 0.1) is 35.7 Å². The topological polar surface area (TPSA) is 70.1 Å². The van der Waals surface area contributed by atoms with Crippen LogP contribution in [0.4, 0.5) is 4.79 Å². The number of ether oxygens (including phenoxy) is 2. The van der Waals surface area contributed by atoms with E-state index in [4.69, 9.17) is 23.8 Å². The molecule has 7 nitrogen and oxygen atoms in total. The van der Waals surface area contributed by atoms with E-state index < -0.39 is 23.9 Å². The van der Waals surface area contributed by atoms with E-state index in [0.29, 0.717) is 25.4 Å². The molecule has 0 bridgehead atoms. The number of hydrogen-bond donors (Lipinski definition) is 0. The second kappa shape index (κ2) is 7.32. The van der Waals surface area contributed by atoms with Crippen molar-refractivity contribution in [3.05, 3.63) is 23.9 Å². The zero-order valence-corrected chi connectivity index (χ0v) is 17.9. The van der Waals surface area contributed by atoms with Gasteiger partial charge in [0.2, 0.25) is 0 Å². The smallest absolute Gasteiger partial charge is 0.444 e. The Morgan fingerprint density at radius 2 is 1.86 bits per heavy atom. The molecule has 2 fully saturated rings. The monoisotopic (exact) mass is 390 g/mol. The van der Waals surface area contributed by atoms with Gasteiger partial charge in [0.15, 0.2) is 0 Å². The third kappa shape index (κ3) is 4.34. The standard InChI is InChI=1S/C20H31BN2O5/c1-18(2,3)26-17(24)23-11-12-25-13-15(23)14-9-8-10-16(22-14)21-27-19(4,5)20(6,7)28-21/h8-10,15H,11-13H2,1-7H3. The van der Waals surface area contributed by atoms with Crippen molar-refractivity contribution in [2.75, 3.05) is 19.8 Å². The maximum absolute atomic E-state index is 12.7. The molecule has 0 aliphatic carbocycles. The molecule has 0 spiro atoms. The van der Waals surface area contributed by atoms with Crippen LogP contribution in [0.2, 0.25) is 0 Å². The van der Waals surface area contributed by atoms with E-state index in [-0.39, 0.29) is 12.1 Å². The molecule has 1 unspecified atom stereocenters. The van der Waals surface area contributed by atoms with Crippen molar-refractivity contribution >= 4 is 18.8 Å². The molecule has 28 heavy (non-hydrogen) atoms. The fourth-order valence-corrected chi connectivity index (χ4v) is 3.14. The third-order valence-electron chi connectivity index (χ3n) is 5.38. The van der Waals surface area contributed by atoms with Gasteiger partial charge in [-0.05, 0) is 60.6 Å². The Hall–Kier alpha value is -1.64. The molecule has 2 saturated heterocycles. The number of carbonyl (C=O) groups is 1. The molecular formula is C20H31BN2O5. The van der Waals surface area contributed by atoms with Crippen molar-refractivity contribution in [2.45, 2.75) is 71.3 Å². The average molecular weight is 390 g/mol. The summed E-state index contributed by atoms with van der Waals surface area (Å²) in [6.45, 7) is 14.9. The molecule has 1 aromatic heterocycles. The second-order valence-electron chi connectivity index (χ2n) is 9.34. The molecule has 1 aromatic rings. The maximum Gasteiger partial charge on any atom is 0.514 e. The fourth-order valence-electron chi connectivity index (χ4n) is 3.14. The Kier molecular flexibility index (Phi) is 5.51. The Labute approximate surface area is 167 Å². The highest BCUT2D eigenvalue weighted by atomic mass is 16.7. The van der Waals surface area contributed by atoms with E-state index in [1.54, 1.807) is 4.90 Å². The van der Waals surface area contributed by atoms with Gasteiger partial charge in [-0.15, -0.1) is 0 Å². The molecule has 2 aliphatic rings. The first-order valence-electron chi connectivity index (χ1n) is 9.79. The summed E-state index contributed by atoms with van der Waals surface area (Å²) in [4.78, 5) is 19.1. The van der Waals surface area contributed by atoms with E-state index in [2.05, 4.69) is 0 Å². The molecule has 2 aliphatic heterocycles. The quantitative estimate of drug-likeness (QED) is 0.724. The highest BCUT2D eigenvalue weighted by Crippen LogP contribution is 2.36. The highest BCUT2D eigenvalue weighted by Gasteiger charge is 2.52. The first-order chi connectivity index (χ1) is 12.9. The Morgan fingerprint density at radius 3 is 2.46 bits per heavy atom. The lowest BCUT2D eigenvalue weighted by atomic mass is 9.84. The lowest BCUT2D eigenvalue weighted by Crippen LogP contribution is -2.46. The number of hydrogen-bond acceptors (Lipinski definition) is 6. The predicted molar refractivity (Wildman–Crippen MR) is 106 cm³/mol. The largest absolute Gasteiger partial charge is 0.514 e. The van der Waals surface area contributed by atoms with Gasteiger partial charge in [0.1, 0.15) is 11.6 Å². The molecule has 3 heterocycles. The number of rotatable bonds is 2. The summed E-state index contributed by atoms with van der Waals surface area (Å²) >= 11 is 0. The SMILES string of the molecule is CC(C)(C)OC(=O)N1CCOCC1c1cccc(B2OC(C)(C)C(C)(C)O2)n1. The van der Waals surface area contributed by atoms with Gasteiger partial charge in [0, 0.05) is 6.54 Å². The predicted octanol–water partition coefficient (Wildman–Crippen LogP) is 2.69. The van der Waals surface area contributed by atoms with Crippen molar-refractivity contribution < 1.29 is 23.6 Å². The van der Waals surface area contributed by atoms with Crippen LogP contribution in [0.5, 0.6) is 0 Å². The van der Waals surface area contributed by atoms with E-state index in [1.807, 2.05) is 66.7 Å². The van der Waals surface area contributed by atoms with Crippen LogP contribution in [0.1, 0.15) is 60.2 Å². The second-order valence-corrected chi connectivity index (χ2v) is 9.34. The normalized spacial score (nSPS) is 24.3. The molecule has 0 aromatic carbocycles. The number of morpholine rings is 1. The molecule has 8 heteroatoms. The van der Waals surface area contributed by atoms with E-state index >= 15 is 0 Å². The minimum absolute atomic E-state index is 0.314. The van der Waals surface area contributed by atoms with Gasteiger partial charge in [-0.25, -0.2) is 4.79 Å². The van der Waals surface area contributed by atoms with Crippen LogP contribution >= 0.6 is 0 Å². The molecule has 0 saturated carbocycles. The third-order valence-corrected chi connectivity index (χ3v) is 5.38. The summed E-state index contributed by atoms with van der Waals surface area (Å²) in [7, 11) is -0.551. The van der Waals surface area contributed by atoms with Crippen molar-refractivity contribution in [3.8, 4) is 0 Å². The summed E-state index contributed by atoms with van der Waals surface area (Å²) in [5, 5.41) is 0. The van der Waals surface area contributed by atoms with Crippen LogP contribution in [-0.4, -0.2) is 59.7 Å². The molecule has 1 amide bonds. The van der Waals surface area contributed by atoms with Crippen molar-refractivity contribution in [1.29, 1.82) is 0 Å². The van der Waals surface area contributed by atoms with Crippen molar-refractivity contribution in [1.82, 2.24) is 9.88 Å². The summed E-state index contributed by atoms with van der Waals surface area (Å²) in [6.07, 6.45) is -0.358. The first-order valence-corrected chi connectivity index (χ1v) is 9.79. The lowest BCUT2D eigenvalue weighted by molar-refractivity contribution is -0.0340. The van der Waals surface area contributed by atoms with E-state index in [9.17, 15) is 4.79 Å². The van der Waals surface area contributed by atoms with Crippen molar-refractivity contribution in [3.63, 3.8) is 0 Å². The molecule has 1 atom stereocenters. The van der Waals surface area contributed by atoms with Gasteiger partial charge in [-0.3, -0.25) is 9.88 Å². The Balaban J connectivity index is 1.83. The number of aromatic nitrogens is 1. The number of pyridine rings is 1. The first kappa shape index (κ1) is 21.1. The van der Waals surface area contributed by atoms with Crippen LogP contribution < -0.4 is 5.59 Å². The van der Waals surface area contributed by atoms with Crippen molar-refractivity contribution in [2.24, 2.45) is 0 Å². The van der Waals surface area contributed by atoms with Crippen LogP contribution in [0.15, 0.2) is 18.2 Å². The van der Waals surface area contributed by atoms with E-state index in [0.717, 1.165) is 5.69 Å². The molecule has 0 radical (unpaired) electrons.